The van der Waals surface area contributed by atoms with Gasteiger partial charge in [0.2, 0.25) is 0 Å². The molecule has 182 valence electrons. The van der Waals surface area contributed by atoms with Crippen LogP contribution < -0.4 is 0 Å². The number of halogens is 1. The average molecular weight is 496 g/mol. The van der Waals surface area contributed by atoms with E-state index in [-0.39, 0.29) is 33.1 Å². The Bertz CT molecular complexity index is 1310. The van der Waals surface area contributed by atoms with E-state index in [9.17, 15) is 19.7 Å². The number of furan rings is 1. The summed E-state index contributed by atoms with van der Waals surface area (Å²) in [4.78, 5) is 37.3. The SMILES string of the molecule is CC1(C)CC(=O)C2=C(C1)OC1=C(C(=O)CC(C)(C)C1)C2c1ccc(-c2ccc([N+](=O)[O-])cc2Cl)o1. The third kappa shape index (κ3) is 4.12. The number of hydrogen-bond donors (Lipinski definition) is 0. The molecule has 0 saturated carbocycles. The monoisotopic (exact) mass is 495 g/mol. The quantitative estimate of drug-likeness (QED) is 0.339. The number of carbonyl (C=O) groups excluding carboxylic acids is 2. The van der Waals surface area contributed by atoms with Gasteiger partial charge in [-0.1, -0.05) is 39.3 Å². The van der Waals surface area contributed by atoms with Gasteiger partial charge in [0.05, 0.1) is 15.9 Å². The van der Waals surface area contributed by atoms with Gasteiger partial charge in [-0.3, -0.25) is 19.7 Å². The van der Waals surface area contributed by atoms with E-state index in [2.05, 4.69) is 0 Å². The van der Waals surface area contributed by atoms with Crippen LogP contribution in [-0.4, -0.2) is 16.5 Å². The van der Waals surface area contributed by atoms with E-state index in [0.29, 0.717) is 65.4 Å². The Morgan fingerprint density at radius 2 is 1.49 bits per heavy atom. The third-order valence-corrected chi connectivity index (χ3v) is 7.23. The summed E-state index contributed by atoms with van der Waals surface area (Å²) in [5, 5.41) is 11.2. The maximum atomic E-state index is 13.4. The van der Waals surface area contributed by atoms with E-state index in [0.717, 1.165) is 0 Å². The van der Waals surface area contributed by atoms with Crippen molar-refractivity contribution in [3.05, 3.63) is 73.9 Å². The zero-order valence-corrected chi connectivity index (χ0v) is 20.8. The molecule has 5 rings (SSSR count). The summed E-state index contributed by atoms with van der Waals surface area (Å²) in [5.41, 5.74) is 0.871. The van der Waals surface area contributed by atoms with Crippen molar-refractivity contribution >= 4 is 28.9 Å². The lowest BCUT2D eigenvalue weighted by molar-refractivity contribution is -0.384. The highest BCUT2D eigenvalue weighted by atomic mass is 35.5. The standard InChI is InChI=1S/C27H26ClNO6/c1-26(2)10-17(30)23-21(12-26)35-22-13-27(3,4)11-18(31)24(22)25(23)20-8-7-19(34-20)15-6-5-14(29(32)33)9-16(15)28/h5-9,25H,10-13H2,1-4H3. The Balaban J connectivity index is 1.63. The fourth-order valence-corrected chi connectivity index (χ4v) is 5.70. The first-order chi connectivity index (χ1) is 16.3. The van der Waals surface area contributed by atoms with Crippen molar-refractivity contribution < 1.29 is 23.7 Å². The van der Waals surface area contributed by atoms with Crippen molar-refractivity contribution in [1.29, 1.82) is 0 Å². The normalized spacial score (nSPS) is 21.5. The molecule has 0 fully saturated rings. The first-order valence-corrected chi connectivity index (χ1v) is 12.0. The van der Waals surface area contributed by atoms with Gasteiger partial charge in [0.1, 0.15) is 23.0 Å². The molecule has 1 aromatic carbocycles. The molecule has 1 aromatic heterocycles. The van der Waals surface area contributed by atoms with Gasteiger partial charge in [0.15, 0.2) is 11.6 Å². The van der Waals surface area contributed by atoms with Crippen LogP contribution in [0.5, 0.6) is 0 Å². The minimum absolute atomic E-state index is 0.0447. The summed E-state index contributed by atoms with van der Waals surface area (Å²) in [6, 6.07) is 7.63. The minimum atomic E-state index is -0.647. The number of ketones is 2. The fourth-order valence-electron chi connectivity index (χ4n) is 5.43. The van der Waals surface area contributed by atoms with Gasteiger partial charge in [-0.15, -0.1) is 0 Å². The smallest absolute Gasteiger partial charge is 0.270 e. The number of carbonyl (C=O) groups is 2. The molecular formula is C27H26ClNO6. The summed E-state index contributed by atoms with van der Waals surface area (Å²) in [7, 11) is 0. The predicted octanol–water partition coefficient (Wildman–Crippen LogP) is 6.91. The minimum Gasteiger partial charge on any atom is -0.465 e. The van der Waals surface area contributed by atoms with Crippen molar-refractivity contribution in [3.8, 4) is 11.3 Å². The Kier molecular flexibility index (Phi) is 5.33. The van der Waals surface area contributed by atoms with Crippen LogP contribution in [-0.2, 0) is 14.3 Å². The average Bonchev–Trinajstić information content (AvgIpc) is 3.19. The zero-order valence-electron chi connectivity index (χ0n) is 20.1. The van der Waals surface area contributed by atoms with Crippen molar-refractivity contribution in [2.75, 3.05) is 0 Å². The molecule has 3 aliphatic rings. The van der Waals surface area contributed by atoms with Gasteiger partial charge in [-0.25, -0.2) is 0 Å². The Morgan fingerprint density at radius 1 is 0.914 bits per heavy atom. The number of nitro benzene ring substituents is 1. The lowest BCUT2D eigenvalue weighted by Gasteiger charge is -2.42. The Morgan fingerprint density at radius 3 is 2.00 bits per heavy atom. The number of ether oxygens (including phenoxy) is 1. The maximum Gasteiger partial charge on any atom is 0.270 e. The molecule has 2 aromatic rings. The maximum absolute atomic E-state index is 13.4. The highest BCUT2D eigenvalue weighted by Gasteiger charge is 2.48. The van der Waals surface area contributed by atoms with Gasteiger partial charge in [0.25, 0.3) is 5.69 Å². The summed E-state index contributed by atoms with van der Waals surface area (Å²) in [6.07, 6.45) is 1.90. The summed E-state index contributed by atoms with van der Waals surface area (Å²) < 4.78 is 12.5. The van der Waals surface area contributed by atoms with Crippen molar-refractivity contribution in [3.63, 3.8) is 0 Å². The predicted molar refractivity (Wildman–Crippen MR) is 130 cm³/mol. The van der Waals surface area contributed by atoms with Crippen LogP contribution in [0.25, 0.3) is 11.3 Å². The second-order valence-corrected chi connectivity index (χ2v) is 11.6. The van der Waals surface area contributed by atoms with Crippen LogP contribution in [0.4, 0.5) is 5.69 Å². The van der Waals surface area contributed by atoms with E-state index >= 15 is 0 Å². The molecule has 2 heterocycles. The van der Waals surface area contributed by atoms with E-state index in [1.807, 2.05) is 27.7 Å². The molecule has 1 aliphatic heterocycles. The highest BCUT2D eigenvalue weighted by Crippen LogP contribution is 2.53. The molecular weight excluding hydrogens is 470 g/mol. The molecule has 0 bridgehead atoms. The highest BCUT2D eigenvalue weighted by molar-refractivity contribution is 6.33. The number of Topliss-reactive ketones (excluding diaryl/α,β-unsaturated/α-hetero) is 2. The van der Waals surface area contributed by atoms with E-state index in [4.69, 9.17) is 20.8 Å². The second kappa shape index (κ2) is 7.92. The molecule has 0 radical (unpaired) electrons. The van der Waals surface area contributed by atoms with Crippen LogP contribution >= 0.6 is 11.6 Å². The van der Waals surface area contributed by atoms with Gasteiger partial charge in [0, 0.05) is 54.5 Å². The summed E-state index contributed by atoms with van der Waals surface area (Å²) in [5.74, 6) is 1.36. The largest absolute Gasteiger partial charge is 0.465 e. The number of allylic oxidation sites excluding steroid dienone is 4. The molecule has 0 atom stereocenters. The van der Waals surface area contributed by atoms with Crippen LogP contribution in [0.1, 0.15) is 65.1 Å². The first-order valence-electron chi connectivity index (χ1n) is 11.6. The van der Waals surface area contributed by atoms with Crippen molar-refractivity contribution in [2.45, 2.75) is 59.3 Å². The molecule has 2 aliphatic carbocycles. The topological polar surface area (TPSA) is 99.7 Å². The number of nitrogens with zero attached hydrogens (tertiary/aromatic N) is 1. The molecule has 0 N–H and O–H groups in total. The Hall–Kier alpha value is -3.19. The molecule has 0 saturated heterocycles. The van der Waals surface area contributed by atoms with Gasteiger partial charge >= 0.3 is 0 Å². The zero-order chi connectivity index (χ0) is 25.3. The molecule has 0 spiro atoms. The number of rotatable bonds is 3. The van der Waals surface area contributed by atoms with E-state index in [1.54, 1.807) is 12.1 Å². The van der Waals surface area contributed by atoms with Crippen molar-refractivity contribution in [1.82, 2.24) is 0 Å². The third-order valence-electron chi connectivity index (χ3n) is 6.92. The van der Waals surface area contributed by atoms with Gasteiger partial charge in [-0.05, 0) is 29.0 Å². The fraction of sp³-hybridized carbons (Fsp3) is 0.407. The first kappa shape index (κ1) is 23.5. The Labute approximate surface area is 207 Å². The number of nitro groups is 1. The second-order valence-electron chi connectivity index (χ2n) is 11.2. The molecule has 0 unspecified atom stereocenters. The van der Waals surface area contributed by atoms with Crippen LogP contribution in [0.2, 0.25) is 5.02 Å². The van der Waals surface area contributed by atoms with Gasteiger partial charge < -0.3 is 9.15 Å². The molecule has 35 heavy (non-hydrogen) atoms. The summed E-state index contributed by atoms with van der Waals surface area (Å²) in [6.45, 7) is 8.14. The van der Waals surface area contributed by atoms with Crippen LogP contribution in [0, 0.1) is 20.9 Å². The lowest BCUT2D eigenvalue weighted by Crippen LogP contribution is -2.37. The number of hydrogen-bond acceptors (Lipinski definition) is 6. The van der Waals surface area contributed by atoms with Crippen LogP contribution in [0.15, 0.2) is 57.4 Å². The number of non-ortho nitro benzene ring substituents is 1. The van der Waals surface area contributed by atoms with E-state index < -0.39 is 10.8 Å². The lowest BCUT2D eigenvalue weighted by atomic mass is 9.66. The molecule has 0 amide bonds. The van der Waals surface area contributed by atoms with E-state index in [1.165, 1.54) is 18.2 Å². The molecule has 7 nitrogen and oxygen atoms in total. The van der Waals surface area contributed by atoms with Crippen LogP contribution in [0.3, 0.4) is 0 Å². The molecule has 8 heteroatoms. The summed E-state index contributed by atoms with van der Waals surface area (Å²) >= 11 is 6.32. The number of benzene rings is 1. The van der Waals surface area contributed by atoms with Gasteiger partial charge in [-0.2, -0.15) is 0 Å². The van der Waals surface area contributed by atoms with Crippen molar-refractivity contribution in [2.24, 2.45) is 10.8 Å².